The number of rotatable bonds is 3. The molecule has 1 aromatic heterocycles. The lowest BCUT2D eigenvalue weighted by Gasteiger charge is -2.05. The minimum absolute atomic E-state index is 0.0756. The summed E-state index contributed by atoms with van der Waals surface area (Å²) in [5.41, 5.74) is 0.364. The average molecular weight is 236 g/mol. The van der Waals surface area contributed by atoms with Gasteiger partial charge in [0.15, 0.2) is 5.78 Å². The molecule has 0 aliphatic rings. The molecule has 2 aromatic rings. The van der Waals surface area contributed by atoms with Crippen LogP contribution < -0.4 is 0 Å². The molecule has 0 aliphatic carbocycles. The first-order valence-electron chi connectivity index (χ1n) is 5.08. The minimum Gasteiger partial charge on any atom is -0.472 e. The SMILES string of the molecule is Cc1ccc(F)c(C(=O)Cc2ccoc2)c1F. The van der Waals surface area contributed by atoms with Gasteiger partial charge in [0.05, 0.1) is 18.1 Å². The van der Waals surface area contributed by atoms with Gasteiger partial charge in [0.25, 0.3) is 0 Å². The van der Waals surface area contributed by atoms with Crippen LogP contribution in [-0.2, 0) is 6.42 Å². The van der Waals surface area contributed by atoms with Gasteiger partial charge in [-0.15, -0.1) is 0 Å². The van der Waals surface area contributed by atoms with Gasteiger partial charge in [0.2, 0.25) is 0 Å². The molecule has 0 N–H and O–H groups in total. The zero-order chi connectivity index (χ0) is 12.4. The molecular formula is C13H10F2O2. The number of carbonyl (C=O) groups excluding carboxylic acids is 1. The van der Waals surface area contributed by atoms with Gasteiger partial charge < -0.3 is 4.42 Å². The standard InChI is InChI=1S/C13H10F2O2/c1-8-2-3-10(14)12(13(8)15)11(16)6-9-4-5-17-7-9/h2-5,7H,6H2,1H3. The highest BCUT2D eigenvalue weighted by atomic mass is 19.1. The highest BCUT2D eigenvalue weighted by molar-refractivity contribution is 5.98. The second-order valence-electron chi connectivity index (χ2n) is 3.78. The number of Topliss-reactive ketones (excluding diaryl/α,β-unsaturated/α-hetero) is 1. The predicted octanol–water partition coefficient (Wildman–Crippen LogP) is 3.29. The third kappa shape index (κ3) is 2.25. The molecule has 88 valence electrons. The van der Waals surface area contributed by atoms with Crippen molar-refractivity contribution < 1.29 is 18.0 Å². The van der Waals surface area contributed by atoms with Crippen molar-refractivity contribution in [2.45, 2.75) is 13.3 Å². The van der Waals surface area contributed by atoms with Gasteiger partial charge in [0.1, 0.15) is 11.6 Å². The van der Waals surface area contributed by atoms with Gasteiger partial charge in [0, 0.05) is 6.42 Å². The number of ketones is 1. The molecule has 2 nitrogen and oxygen atoms in total. The van der Waals surface area contributed by atoms with Crippen LogP contribution >= 0.6 is 0 Å². The van der Waals surface area contributed by atoms with Crippen LogP contribution in [0.15, 0.2) is 35.1 Å². The van der Waals surface area contributed by atoms with E-state index in [-0.39, 0.29) is 12.0 Å². The second-order valence-corrected chi connectivity index (χ2v) is 3.78. The fourth-order valence-electron chi connectivity index (χ4n) is 1.58. The third-order valence-electron chi connectivity index (χ3n) is 2.51. The van der Waals surface area contributed by atoms with Crippen LogP contribution in [0.1, 0.15) is 21.5 Å². The first kappa shape index (κ1) is 11.5. The van der Waals surface area contributed by atoms with Crippen molar-refractivity contribution in [3.63, 3.8) is 0 Å². The quantitative estimate of drug-likeness (QED) is 0.765. The maximum Gasteiger partial charge on any atom is 0.173 e. The van der Waals surface area contributed by atoms with Gasteiger partial charge in [-0.2, -0.15) is 0 Å². The average Bonchev–Trinajstić information content (AvgIpc) is 2.77. The Hall–Kier alpha value is -1.97. The van der Waals surface area contributed by atoms with Crippen LogP contribution in [0.3, 0.4) is 0 Å². The number of aryl methyl sites for hydroxylation is 1. The van der Waals surface area contributed by atoms with E-state index in [0.717, 1.165) is 6.07 Å². The summed E-state index contributed by atoms with van der Waals surface area (Å²) in [5, 5.41) is 0. The molecule has 1 heterocycles. The number of benzene rings is 1. The molecule has 0 radical (unpaired) electrons. The maximum atomic E-state index is 13.7. The molecule has 0 amide bonds. The lowest BCUT2D eigenvalue weighted by molar-refractivity contribution is 0.0984. The lowest BCUT2D eigenvalue weighted by Crippen LogP contribution is -2.09. The Morgan fingerprint density at radius 2 is 2.06 bits per heavy atom. The Morgan fingerprint density at radius 1 is 1.29 bits per heavy atom. The molecule has 0 fully saturated rings. The summed E-state index contributed by atoms with van der Waals surface area (Å²) in [6.45, 7) is 1.49. The monoisotopic (exact) mass is 236 g/mol. The number of furan rings is 1. The summed E-state index contributed by atoms with van der Waals surface area (Å²) < 4.78 is 31.9. The molecule has 1 aromatic carbocycles. The van der Waals surface area contributed by atoms with Crippen molar-refractivity contribution in [2.75, 3.05) is 0 Å². The van der Waals surface area contributed by atoms with E-state index in [2.05, 4.69) is 0 Å². The van der Waals surface area contributed by atoms with E-state index in [0.29, 0.717) is 5.56 Å². The van der Waals surface area contributed by atoms with Crippen LogP contribution in [0.25, 0.3) is 0 Å². The summed E-state index contributed by atoms with van der Waals surface area (Å²) in [5.74, 6) is -2.22. The van der Waals surface area contributed by atoms with E-state index in [4.69, 9.17) is 4.42 Å². The van der Waals surface area contributed by atoms with Crippen molar-refractivity contribution in [3.8, 4) is 0 Å². The lowest BCUT2D eigenvalue weighted by atomic mass is 10.0. The Kier molecular flexibility index (Phi) is 3.04. The van der Waals surface area contributed by atoms with E-state index in [1.807, 2.05) is 0 Å². The Balaban J connectivity index is 2.34. The fraction of sp³-hybridized carbons (Fsp3) is 0.154. The fourth-order valence-corrected chi connectivity index (χ4v) is 1.58. The number of halogens is 2. The van der Waals surface area contributed by atoms with Gasteiger partial charge >= 0.3 is 0 Å². The van der Waals surface area contributed by atoms with Crippen LogP contribution in [0.5, 0.6) is 0 Å². The van der Waals surface area contributed by atoms with Crippen molar-refractivity contribution in [1.29, 1.82) is 0 Å². The molecule has 0 bridgehead atoms. The maximum absolute atomic E-state index is 13.7. The molecule has 0 unspecified atom stereocenters. The molecule has 0 saturated heterocycles. The van der Waals surface area contributed by atoms with Crippen LogP contribution in [-0.4, -0.2) is 5.78 Å². The van der Waals surface area contributed by atoms with Gasteiger partial charge in [-0.1, -0.05) is 6.07 Å². The van der Waals surface area contributed by atoms with E-state index in [9.17, 15) is 13.6 Å². The van der Waals surface area contributed by atoms with E-state index >= 15 is 0 Å². The van der Waals surface area contributed by atoms with Gasteiger partial charge in [-0.25, -0.2) is 8.78 Å². The highest BCUT2D eigenvalue weighted by Crippen LogP contribution is 2.18. The van der Waals surface area contributed by atoms with E-state index < -0.39 is 23.0 Å². The normalized spacial score (nSPS) is 10.5. The van der Waals surface area contributed by atoms with Crippen molar-refractivity contribution >= 4 is 5.78 Å². The topological polar surface area (TPSA) is 30.2 Å². The molecule has 0 saturated carbocycles. The highest BCUT2D eigenvalue weighted by Gasteiger charge is 2.19. The Morgan fingerprint density at radius 3 is 2.71 bits per heavy atom. The van der Waals surface area contributed by atoms with Crippen LogP contribution in [0, 0.1) is 18.6 Å². The summed E-state index contributed by atoms with van der Waals surface area (Å²) in [6.07, 6.45) is 2.71. The summed E-state index contributed by atoms with van der Waals surface area (Å²) >= 11 is 0. The molecule has 0 aliphatic heterocycles. The number of hydrogen-bond donors (Lipinski definition) is 0. The molecule has 17 heavy (non-hydrogen) atoms. The van der Waals surface area contributed by atoms with Crippen molar-refractivity contribution in [3.05, 3.63) is 59.1 Å². The summed E-state index contributed by atoms with van der Waals surface area (Å²) in [4.78, 5) is 11.8. The predicted molar refractivity (Wildman–Crippen MR) is 57.8 cm³/mol. The molecule has 0 spiro atoms. The molecule has 0 atom stereocenters. The van der Waals surface area contributed by atoms with E-state index in [1.165, 1.54) is 25.5 Å². The largest absolute Gasteiger partial charge is 0.472 e. The molecule has 4 heteroatoms. The summed E-state index contributed by atoms with van der Waals surface area (Å²) in [7, 11) is 0. The minimum atomic E-state index is -0.832. The number of hydrogen-bond acceptors (Lipinski definition) is 2. The summed E-state index contributed by atoms with van der Waals surface area (Å²) in [6, 6.07) is 3.99. The molecular weight excluding hydrogens is 226 g/mol. The van der Waals surface area contributed by atoms with Gasteiger partial charge in [-0.3, -0.25) is 4.79 Å². The first-order chi connectivity index (χ1) is 8.09. The third-order valence-corrected chi connectivity index (χ3v) is 2.51. The first-order valence-corrected chi connectivity index (χ1v) is 5.08. The van der Waals surface area contributed by atoms with Crippen LogP contribution in [0.2, 0.25) is 0 Å². The van der Waals surface area contributed by atoms with Crippen molar-refractivity contribution in [1.82, 2.24) is 0 Å². The van der Waals surface area contributed by atoms with Crippen molar-refractivity contribution in [2.24, 2.45) is 0 Å². The zero-order valence-corrected chi connectivity index (χ0v) is 9.17. The number of carbonyl (C=O) groups is 1. The Labute approximate surface area is 96.9 Å². The van der Waals surface area contributed by atoms with Gasteiger partial charge in [-0.05, 0) is 30.2 Å². The van der Waals surface area contributed by atoms with Crippen LogP contribution in [0.4, 0.5) is 8.78 Å². The van der Waals surface area contributed by atoms with E-state index in [1.54, 1.807) is 6.07 Å². The molecule has 2 rings (SSSR count). The second kappa shape index (κ2) is 4.49. The Bertz CT molecular complexity index is 545. The zero-order valence-electron chi connectivity index (χ0n) is 9.17. The smallest absolute Gasteiger partial charge is 0.173 e.